The molecule has 0 bridgehead atoms. The van der Waals surface area contributed by atoms with E-state index in [4.69, 9.17) is 0 Å². The average Bonchev–Trinajstić information content (AvgIpc) is 2.79. The van der Waals surface area contributed by atoms with Gasteiger partial charge in [-0.15, -0.1) is 0 Å². The molecule has 144 valence electrons. The van der Waals surface area contributed by atoms with Gasteiger partial charge in [0.15, 0.2) is 11.6 Å². The Morgan fingerprint density at radius 2 is 1.17 bits per heavy atom. The van der Waals surface area contributed by atoms with Crippen molar-refractivity contribution in [2.45, 2.75) is 9.79 Å². The van der Waals surface area contributed by atoms with Crippen molar-refractivity contribution in [1.29, 1.82) is 0 Å². The molecule has 0 spiro atoms. The molecule has 3 nitrogen and oxygen atoms in total. The second kappa shape index (κ2) is 7.65. The molecule has 0 atom stereocenters. The quantitative estimate of drug-likeness (QED) is 0.377. The van der Waals surface area contributed by atoms with Gasteiger partial charge in [0.1, 0.15) is 0 Å². The highest BCUT2D eigenvalue weighted by Crippen LogP contribution is 2.39. The first kappa shape index (κ1) is 18.4. The zero-order valence-electron chi connectivity index (χ0n) is 16.0. The Morgan fingerprint density at radius 3 is 1.90 bits per heavy atom. The molecule has 0 saturated carbocycles. The summed E-state index contributed by atoms with van der Waals surface area (Å²) < 4.78 is 0. The Bertz CT molecular complexity index is 1170. The summed E-state index contributed by atoms with van der Waals surface area (Å²) in [6, 6.07) is 30.4. The standard InChI is InChI=1S/C26H17NO2S/c28-25-20-14-8-16-22(30-18-11-5-2-6-12-18)24(20)26(29)19-13-7-15-21(23(19)25)27-17-9-3-1-4-10-17/h1-16,27H. The van der Waals surface area contributed by atoms with Crippen LogP contribution in [-0.2, 0) is 0 Å². The lowest BCUT2D eigenvalue weighted by Crippen LogP contribution is -2.23. The predicted octanol–water partition coefficient (Wildman–Crippen LogP) is 6.36. The minimum absolute atomic E-state index is 0.115. The summed E-state index contributed by atoms with van der Waals surface area (Å²) in [4.78, 5) is 28.8. The molecule has 1 aliphatic rings. The summed E-state index contributed by atoms with van der Waals surface area (Å²) in [5.41, 5.74) is 3.32. The summed E-state index contributed by atoms with van der Waals surface area (Å²) in [5, 5.41) is 3.29. The summed E-state index contributed by atoms with van der Waals surface area (Å²) in [6.45, 7) is 0. The molecule has 0 heterocycles. The predicted molar refractivity (Wildman–Crippen MR) is 120 cm³/mol. The number of ketones is 2. The van der Waals surface area contributed by atoms with E-state index in [9.17, 15) is 9.59 Å². The molecule has 0 unspecified atom stereocenters. The van der Waals surface area contributed by atoms with Gasteiger partial charge in [0.2, 0.25) is 0 Å². The van der Waals surface area contributed by atoms with Gasteiger partial charge in [0.05, 0.1) is 11.3 Å². The fourth-order valence-electron chi connectivity index (χ4n) is 3.69. The number of nitrogens with one attached hydrogen (secondary N) is 1. The van der Waals surface area contributed by atoms with E-state index in [1.807, 2.05) is 84.9 Å². The van der Waals surface area contributed by atoms with Crippen LogP contribution in [0.15, 0.2) is 107 Å². The third-order valence-electron chi connectivity index (χ3n) is 5.06. The minimum atomic E-state index is -0.130. The van der Waals surface area contributed by atoms with Gasteiger partial charge in [-0.3, -0.25) is 9.59 Å². The molecule has 4 aromatic carbocycles. The molecule has 0 aromatic heterocycles. The van der Waals surface area contributed by atoms with Crippen molar-refractivity contribution < 1.29 is 9.59 Å². The topological polar surface area (TPSA) is 46.2 Å². The van der Waals surface area contributed by atoms with Gasteiger partial charge in [-0.25, -0.2) is 0 Å². The highest BCUT2D eigenvalue weighted by Gasteiger charge is 2.33. The first-order valence-electron chi connectivity index (χ1n) is 9.63. The molecule has 1 aliphatic carbocycles. The maximum Gasteiger partial charge on any atom is 0.196 e. The average molecular weight is 407 g/mol. The van der Waals surface area contributed by atoms with E-state index in [1.54, 1.807) is 12.1 Å². The maximum absolute atomic E-state index is 13.5. The molecule has 0 aliphatic heterocycles. The molecule has 0 saturated heterocycles. The molecule has 1 N–H and O–H groups in total. The number of para-hydroxylation sites is 1. The van der Waals surface area contributed by atoms with E-state index >= 15 is 0 Å². The van der Waals surface area contributed by atoms with Gasteiger partial charge >= 0.3 is 0 Å². The normalized spacial score (nSPS) is 12.3. The lowest BCUT2D eigenvalue weighted by molar-refractivity contribution is 0.0977. The molecule has 30 heavy (non-hydrogen) atoms. The molecule has 0 fully saturated rings. The van der Waals surface area contributed by atoms with Crippen molar-refractivity contribution in [3.63, 3.8) is 0 Å². The summed E-state index contributed by atoms with van der Waals surface area (Å²) >= 11 is 1.50. The third-order valence-corrected chi connectivity index (χ3v) is 6.13. The summed E-state index contributed by atoms with van der Waals surface area (Å²) in [6.07, 6.45) is 0. The number of hydrogen-bond donors (Lipinski definition) is 1. The number of anilines is 2. The van der Waals surface area contributed by atoms with Crippen molar-refractivity contribution in [1.82, 2.24) is 0 Å². The van der Waals surface area contributed by atoms with Crippen LogP contribution < -0.4 is 5.32 Å². The van der Waals surface area contributed by atoms with E-state index < -0.39 is 0 Å². The Labute approximate surface area is 178 Å². The molecule has 4 heteroatoms. The summed E-state index contributed by atoms with van der Waals surface area (Å²) in [5.74, 6) is -0.246. The Hall–Kier alpha value is -3.63. The molecule has 5 rings (SSSR count). The fraction of sp³-hybridized carbons (Fsp3) is 0. The van der Waals surface area contributed by atoms with Crippen molar-refractivity contribution in [2.75, 3.05) is 5.32 Å². The number of rotatable bonds is 4. The van der Waals surface area contributed by atoms with E-state index in [-0.39, 0.29) is 11.6 Å². The smallest absolute Gasteiger partial charge is 0.196 e. The second-order valence-electron chi connectivity index (χ2n) is 6.97. The molecule has 0 amide bonds. The Morgan fingerprint density at radius 1 is 0.567 bits per heavy atom. The molecule has 4 aromatic rings. The lowest BCUT2D eigenvalue weighted by atomic mass is 9.83. The fourth-order valence-corrected chi connectivity index (χ4v) is 4.69. The van der Waals surface area contributed by atoms with Crippen molar-refractivity contribution >= 4 is 34.7 Å². The van der Waals surface area contributed by atoms with Crippen LogP contribution in [-0.4, -0.2) is 11.6 Å². The first-order chi connectivity index (χ1) is 14.7. The van der Waals surface area contributed by atoms with E-state index in [2.05, 4.69) is 5.32 Å². The van der Waals surface area contributed by atoms with E-state index in [0.29, 0.717) is 27.9 Å². The monoisotopic (exact) mass is 407 g/mol. The van der Waals surface area contributed by atoms with Crippen molar-refractivity contribution in [3.8, 4) is 0 Å². The highest BCUT2D eigenvalue weighted by molar-refractivity contribution is 7.99. The van der Waals surface area contributed by atoms with Crippen LogP contribution in [0.25, 0.3) is 0 Å². The van der Waals surface area contributed by atoms with Crippen LogP contribution in [0.4, 0.5) is 11.4 Å². The van der Waals surface area contributed by atoms with Crippen LogP contribution >= 0.6 is 11.8 Å². The van der Waals surface area contributed by atoms with Crippen molar-refractivity contribution in [3.05, 3.63) is 119 Å². The second-order valence-corrected chi connectivity index (χ2v) is 8.09. The van der Waals surface area contributed by atoms with Gasteiger partial charge in [0.25, 0.3) is 0 Å². The largest absolute Gasteiger partial charge is 0.355 e. The lowest BCUT2D eigenvalue weighted by Gasteiger charge is -2.22. The number of hydrogen-bond acceptors (Lipinski definition) is 4. The number of carbonyl (C=O) groups is 2. The Kier molecular flexibility index (Phi) is 4.69. The van der Waals surface area contributed by atoms with Crippen LogP contribution in [0.1, 0.15) is 31.8 Å². The van der Waals surface area contributed by atoms with Crippen LogP contribution in [0.2, 0.25) is 0 Å². The van der Waals surface area contributed by atoms with Crippen LogP contribution in [0, 0.1) is 0 Å². The minimum Gasteiger partial charge on any atom is -0.355 e. The molecular formula is C26H17NO2S. The first-order valence-corrected chi connectivity index (χ1v) is 10.4. The molecule has 0 radical (unpaired) electrons. The van der Waals surface area contributed by atoms with Crippen LogP contribution in [0.3, 0.4) is 0 Å². The third kappa shape index (κ3) is 3.21. The van der Waals surface area contributed by atoms with Gasteiger partial charge in [-0.1, -0.05) is 72.4 Å². The maximum atomic E-state index is 13.5. The zero-order valence-corrected chi connectivity index (χ0v) is 16.8. The zero-order chi connectivity index (χ0) is 20.5. The SMILES string of the molecule is O=C1c2cccc(Sc3ccccc3)c2C(=O)c2cccc(Nc3ccccc3)c21. The number of fused-ring (bicyclic) bond motifs is 2. The molecular weight excluding hydrogens is 390 g/mol. The summed E-state index contributed by atoms with van der Waals surface area (Å²) in [7, 11) is 0. The van der Waals surface area contributed by atoms with Gasteiger partial charge in [-0.2, -0.15) is 0 Å². The highest BCUT2D eigenvalue weighted by atomic mass is 32.2. The van der Waals surface area contributed by atoms with E-state index in [0.717, 1.165) is 15.5 Å². The van der Waals surface area contributed by atoms with Crippen LogP contribution in [0.5, 0.6) is 0 Å². The van der Waals surface area contributed by atoms with E-state index in [1.165, 1.54) is 11.8 Å². The van der Waals surface area contributed by atoms with Gasteiger partial charge in [0, 0.05) is 32.2 Å². The Balaban J connectivity index is 1.60. The van der Waals surface area contributed by atoms with Crippen molar-refractivity contribution in [2.24, 2.45) is 0 Å². The van der Waals surface area contributed by atoms with Gasteiger partial charge < -0.3 is 5.32 Å². The number of carbonyl (C=O) groups excluding carboxylic acids is 2. The van der Waals surface area contributed by atoms with Gasteiger partial charge in [-0.05, 0) is 36.4 Å². The number of benzene rings is 4.